The Morgan fingerprint density at radius 3 is 2.93 bits per heavy atom. The van der Waals surface area contributed by atoms with Crippen LogP contribution in [0.15, 0.2) is 12.2 Å². The third kappa shape index (κ3) is 5.73. The fourth-order valence-electron chi connectivity index (χ4n) is 2.00. The van der Waals surface area contributed by atoms with Crippen molar-refractivity contribution in [2.45, 2.75) is 58.0 Å². The van der Waals surface area contributed by atoms with E-state index >= 15 is 0 Å². The highest BCUT2D eigenvalue weighted by molar-refractivity contribution is 5.80. The van der Waals surface area contributed by atoms with Gasteiger partial charge in [0.15, 0.2) is 0 Å². The largest absolute Gasteiger partial charge is 0.393 e. The van der Waals surface area contributed by atoms with E-state index < -0.39 is 0 Å². The molecule has 1 fully saturated rings. The summed E-state index contributed by atoms with van der Waals surface area (Å²) in [5, 5.41) is 9.06. The van der Waals surface area contributed by atoms with E-state index in [-0.39, 0.29) is 6.10 Å². The highest BCUT2D eigenvalue weighted by Crippen LogP contribution is 2.23. The van der Waals surface area contributed by atoms with E-state index in [0.29, 0.717) is 11.7 Å². The zero-order valence-corrected chi connectivity index (χ0v) is 9.61. The molecule has 0 aromatic heterocycles. The van der Waals surface area contributed by atoms with Crippen LogP contribution < -0.4 is 0 Å². The Labute approximate surface area is 92.4 Å². The van der Waals surface area contributed by atoms with Crippen molar-refractivity contribution in [2.75, 3.05) is 0 Å². The van der Waals surface area contributed by atoms with Crippen molar-refractivity contribution in [3.63, 3.8) is 0 Å². The van der Waals surface area contributed by atoms with Gasteiger partial charge in [0.2, 0.25) is 0 Å². The van der Waals surface area contributed by atoms with Crippen molar-refractivity contribution in [3.8, 4) is 0 Å². The molecule has 1 saturated carbocycles. The van der Waals surface area contributed by atoms with Gasteiger partial charge in [0.25, 0.3) is 0 Å². The number of carbonyl (C=O) groups is 1. The van der Waals surface area contributed by atoms with Gasteiger partial charge in [-0.3, -0.25) is 4.79 Å². The average Bonchev–Trinajstić information content (AvgIpc) is 2.57. The first-order valence-corrected chi connectivity index (χ1v) is 6.05. The van der Waals surface area contributed by atoms with E-state index in [9.17, 15) is 4.79 Å². The second-order valence-electron chi connectivity index (χ2n) is 4.60. The lowest BCUT2D eigenvalue weighted by atomic mass is 10.1. The number of unbranched alkanes of at least 4 members (excludes halogenated alkanes) is 2. The molecular weight excluding hydrogens is 188 g/mol. The molecule has 2 atom stereocenters. The lowest BCUT2D eigenvalue weighted by Crippen LogP contribution is -1.97. The first-order valence-electron chi connectivity index (χ1n) is 6.05. The van der Waals surface area contributed by atoms with Gasteiger partial charge in [-0.05, 0) is 38.5 Å². The second kappa shape index (κ2) is 6.78. The molecule has 0 spiro atoms. The second-order valence-corrected chi connectivity index (χ2v) is 4.60. The van der Waals surface area contributed by atoms with Crippen molar-refractivity contribution < 1.29 is 9.90 Å². The molecule has 0 radical (unpaired) electrons. The summed E-state index contributed by atoms with van der Waals surface area (Å²) in [6, 6.07) is 0. The maximum absolute atomic E-state index is 11.0. The van der Waals surface area contributed by atoms with Gasteiger partial charge >= 0.3 is 0 Å². The molecule has 1 aliphatic carbocycles. The summed E-state index contributed by atoms with van der Waals surface area (Å²) in [4.78, 5) is 11.0. The van der Waals surface area contributed by atoms with Crippen molar-refractivity contribution in [2.24, 2.45) is 5.92 Å². The van der Waals surface area contributed by atoms with Crippen LogP contribution in [0, 0.1) is 5.92 Å². The van der Waals surface area contributed by atoms with Gasteiger partial charge in [0.1, 0.15) is 5.78 Å². The van der Waals surface area contributed by atoms with Gasteiger partial charge in [-0.1, -0.05) is 18.6 Å². The highest BCUT2D eigenvalue weighted by atomic mass is 16.3. The molecule has 0 saturated heterocycles. The number of hydrogen-bond acceptors (Lipinski definition) is 2. The van der Waals surface area contributed by atoms with Gasteiger partial charge in [-0.25, -0.2) is 0 Å². The van der Waals surface area contributed by atoms with Crippen molar-refractivity contribution in [1.82, 2.24) is 0 Å². The van der Waals surface area contributed by atoms with Gasteiger partial charge in [-0.15, -0.1) is 0 Å². The van der Waals surface area contributed by atoms with Gasteiger partial charge in [-0.2, -0.15) is 0 Å². The Morgan fingerprint density at radius 1 is 1.53 bits per heavy atom. The summed E-state index contributed by atoms with van der Waals surface area (Å²) in [5.41, 5.74) is 0. The molecule has 0 heterocycles. The molecule has 0 amide bonds. The highest BCUT2D eigenvalue weighted by Gasteiger charge is 2.18. The Bertz CT molecular complexity index is 219. The van der Waals surface area contributed by atoms with Crippen LogP contribution in [0.5, 0.6) is 0 Å². The third-order valence-electron chi connectivity index (χ3n) is 2.93. The molecule has 0 bridgehead atoms. The minimum Gasteiger partial charge on any atom is -0.393 e. The predicted octanol–water partition coefficient (Wildman–Crippen LogP) is 2.85. The minimum atomic E-state index is -0.165. The summed E-state index contributed by atoms with van der Waals surface area (Å²) < 4.78 is 0. The van der Waals surface area contributed by atoms with Crippen LogP contribution in [-0.2, 0) is 4.79 Å². The Balaban J connectivity index is 1.99. The van der Waals surface area contributed by atoms with Crippen molar-refractivity contribution >= 4 is 5.78 Å². The van der Waals surface area contributed by atoms with Crippen LogP contribution in [-0.4, -0.2) is 17.0 Å². The molecule has 1 unspecified atom stereocenters. The number of ketones is 1. The molecule has 1 N–H and O–H groups in total. The van der Waals surface area contributed by atoms with Crippen molar-refractivity contribution in [1.29, 1.82) is 0 Å². The quantitative estimate of drug-likeness (QED) is 0.540. The fourth-order valence-corrected chi connectivity index (χ4v) is 2.00. The number of Topliss-reactive ketones (excluding diaryl/α,β-unsaturated/α-hetero) is 1. The molecule has 0 aliphatic heterocycles. The number of aliphatic hydroxyl groups is 1. The first-order chi connectivity index (χ1) is 7.18. The standard InChI is InChI=1S/C13H22O2/c1-11(14)6-4-2-3-5-7-12-8-9-13(15)10-12/h5,7,11-12,14H,2-4,6,8-10H2,1H3/b7-5+/t11-,12?/m1/s1. The van der Waals surface area contributed by atoms with E-state index in [1.807, 2.05) is 6.92 Å². The molecular formula is C13H22O2. The maximum atomic E-state index is 11.0. The number of aliphatic hydroxyl groups excluding tert-OH is 1. The molecule has 15 heavy (non-hydrogen) atoms. The third-order valence-corrected chi connectivity index (χ3v) is 2.93. The Kier molecular flexibility index (Phi) is 5.62. The molecule has 2 heteroatoms. The van der Waals surface area contributed by atoms with Crippen LogP contribution in [0.25, 0.3) is 0 Å². The van der Waals surface area contributed by atoms with Crippen LogP contribution in [0.2, 0.25) is 0 Å². The number of carbonyl (C=O) groups excluding carboxylic acids is 1. The van der Waals surface area contributed by atoms with E-state index in [2.05, 4.69) is 12.2 Å². The topological polar surface area (TPSA) is 37.3 Å². The molecule has 2 nitrogen and oxygen atoms in total. The summed E-state index contributed by atoms with van der Waals surface area (Å²) in [6.45, 7) is 1.83. The molecule has 1 aliphatic rings. The monoisotopic (exact) mass is 210 g/mol. The molecule has 86 valence electrons. The average molecular weight is 210 g/mol. The van der Waals surface area contributed by atoms with Crippen LogP contribution in [0.4, 0.5) is 0 Å². The number of rotatable bonds is 6. The summed E-state index contributed by atoms with van der Waals surface area (Å²) in [7, 11) is 0. The number of hydrogen-bond donors (Lipinski definition) is 1. The molecule has 0 aromatic rings. The van der Waals surface area contributed by atoms with Gasteiger partial charge < -0.3 is 5.11 Å². The molecule has 0 aromatic carbocycles. The van der Waals surface area contributed by atoms with Crippen LogP contribution >= 0.6 is 0 Å². The Hall–Kier alpha value is -0.630. The lowest BCUT2D eigenvalue weighted by molar-refractivity contribution is -0.117. The zero-order chi connectivity index (χ0) is 11.1. The van der Waals surface area contributed by atoms with E-state index in [4.69, 9.17) is 5.11 Å². The normalized spacial score (nSPS) is 23.9. The van der Waals surface area contributed by atoms with E-state index in [0.717, 1.165) is 44.9 Å². The van der Waals surface area contributed by atoms with E-state index in [1.165, 1.54) is 0 Å². The van der Waals surface area contributed by atoms with Crippen LogP contribution in [0.1, 0.15) is 51.9 Å². The fraction of sp³-hybridized carbons (Fsp3) is 0.769. The summed E-state index contributed by atoms with van der Waals surface area (Å²) in [6.07, 6.45) is 11.0. The predicted molar refractivity (Wildman–Crippen MR) is 61.6 cm³/mol. The zero-order valence-electron chi connectivity index (χ0n) is 9.61. The minimum absolute atomic E-state index is 0.165. The smallest absolute Gasteiger partial charge is 0.133 e. The van der Waals surface area contributed by atoms with Crippen LogP contribution in [0.3, 0.4) is 0 Å². The van der Waals surface area contributed by atoms with Crippen molar-refractivity contribution in [3.05, 3.63) is 12.2 Å². The molecule has 1 rings (SSSR count). The SMILES string of the molecule is C[C@@H](O)CCCC/C=C/C1CCC(=O)C1. The van der Waals surface area contributed by atoms with Gasteiger partial charge in [0.05, 0.1) is 6.10 Å². The van der Waals surface area contributed by atoms with Gasteiger partial charge in [0, 0.05) is 12.8 Å². The lowest BCUT2D eigenvalue weighted by Gasteiger charge is -2.02. The summed E-state index contributed by atoms with van der Waals surface area (Å²) in [5.74, 6) is 0.924. The Morgan fingerprint density at radius 2 is 2.33 bits per heavy atom. The van der Waals surface area contributed by atoms with E-state index in [1.54, 1.807) is 0 Å². The maximum Gasteiger partial charge on any atom is 0.133 e. The first kappa shape index (κ1) is 12.4. The number of allylic oxidation sites excluding steroid dienone is 2. The summed E-state index contributed by atoms with van der Waals surface area (Å²) >= 11 is 0.